The molecular weight excluding hydrogens is 184 g/mol. The van der Waals surface area contributed by atoms with Gasteiger partial charge in [-0.3, -0.25) is 4.79 Å². The van der Waals surface area contributed by atoms with Gasteiger partial charge >= 0.3 is 5.97 Å². The molecule has 0 saturated carbocycles. The van der Waals surface area contributed by atoms with Crippen LogP contribution >= 0.6 is 0 Å². The Balaban J connectivity index is 0.000000249. The molecule has 0 aliphatic carbocycles. The van der Waals surface area contributed by atoms with E-state index in [4.69, 9.17) is 0 Å². The van der Waals surface area contributed by atoms with Crippen LogP contribution in [0.4, 0.5) is 0 Å². The summed E-state index contributed by atoms with van der Waals surface area (Å²) in [6.45, 7) is 7.03. The smallest absolute Gasteiger partial charge is 0.305 e. The first-order valence-electron chi connectivity index (χ1n) is 4.82. The van der Waals surface area contributed by atoms with Gasteiger partial charge in [0.2, 0.25) is 0 Å². The molecule has 0 atom stereocenters. The summed E-state index contributed by atoms with van der Waals surface area (Å²) >= 11 is 0. The van der Waals surface area contributed by atoms with Crippen molar-refractivity contribution in [2.24, 2.45) is 0 Å². The number of carbonyl (C=O) groups is 1. The number of hydrogen-bond acceptors (Lipinski definition) is 4. The molecular formula is C10H18O4. The van der Waals surface area contributed by atoms with Crippen LogP contribution in [0.25, 0.3) is 0 Å². The summed E-state index contributed by atoms with van der Waals surface area (Å²) < 4.78 is 4.58. The average Bonchev–Trinajstić information content (AvgIpc) is 2.29. The summed E-state index contributed by atoms with van der Waals surface area (Å²) in [5.41, 5.74) is 0. The maximum atomic E-state index is 10.3. The lowest BCUT2D eigenvalue weighted by molar-refractivity contribution is -0.312. The van der Waals surface area contributed by atoms with Crippen molar-refractivity contribution in [3.8, 4) is 0 Å². The molecule has 0 aromatic heterocycles. The zero-order valence-electron chi connectivity index (χ0n) is 8.66. The third-order valence-electron chi connectivity index (χ3n) is 1.44. The zero-order chi connectivity index (χ0) is 10.6. The Bertz CT molecular complexity index is 141. The van der Waals surface area contributed by atoms with Crippen molar-refractivity contribution in [3.05, 3.63) is 12.7 Å². The Morgan fingerprint density at radius 2 is 2.00 bits per heavy atom. The van der Waals surface area contributed by atoms with Crippen molar-refractivity contribution < 1.29 is 19.3 Å². The van der Waals surface area contributed by atoms with Crippen molar-refractivity contribution >= 4 is 5.97 Å². The summed E-state index contributed by atoms with van der Waals surface area (Å²) in [4.78, 5) is 19.4. The van der Waals surface area contributed by atoms with Crippen molar-refractivity contribution in [1.29, 1.82) is 0 Å². The zero-order valence-corrected chi connectivity index (χ0v) is 8.66. The topological polar surface area (TPSA) is 44.8 Å². The molecule has 82 valence electrons. The van der Waals surface area contributed by atoms with Crippen LogP contribution in [-0.4, -0.2) is 25.8 Å². The summed E-state index contributed by atoms with van der Waals surface area (Å²) in [6.07, 6.45) is 4.29. The Morgan fingerprint density at radius 1 is 1.43 bits per heavy atom. The third-order valence-corrected chi connectivity index (χ3v) is 1.44. The van der Waals surface area contributed by atoms with E-state index in [-0.39, 0.29) is 5.97 Å². The minimum absolute atomic E-state index is 0.176. The first-order chi connectivity index (χ1) is 6.81. The highest BCUT2D eigenvalue weighted by atomic mass is 17.2. The highest BCUT2D eigenvalue weighted by Gasteiger charge is 1.95. The molecule has 4 nitrogen and oxygen atoms in total. The fourth-order valence-corrected chi connectivity index (χ4v) is 0.694. The standard InChI is InChI=1S/C6H10O2.C4H8O2/c1-3-5-8-6(7)4-2;1-2-4-6-5-3-1/h3H,1,4-5H2,2H3;1-4H2. The molecule has 1 saturated heterocycles. The van der Waals surface area contributed by atoms with Crippen LogP contribution in [0.5, 0.6) is 0 Å². The first-order valence-corrected chi connectivity index (χ1v) is 4.82. The van der Waals surface area contributed by atoms with Crippen LogP contribution in [0.2, 0.25) is 0 Å². The van der Waals surface area contributed by atoms with E-state index < -0.39 is 0 Å². The first kappa shape index (κ1) is 13.1. The van der Waals surface area contributed by atoms with Crippen LogP contribution < -0.4 is 0 Å². The van der Waals surface area contributed by atoms with E-state index in [1.54, 1.807) is 13.0 Å². The molecule has 0 N–H and O–H groups in total. The molecule has 0 unspecified atom stereocenters. The van der Waals surface area contributed by atoms with Crippen LogP contribution in [-0.2, 0) is 19.3 Å². The molecule has 1 rings (SSSR count). The molecule has 0 radical (unpaired) electrons. The highest BCUT2D eigenvalue weighted by molar-refractivity contribution is 5.68. The molecule has 0 amide bonds. The fourth-order valence-electron chi connectivity index (χ4n) is 0.694. The Labute approximate surface area is 84.8 Å². The van der Waals surface area contributed by atoms with Gasteiger partial charge in [-0.05, 0) is 12.8 Å². The van der Waals surface area contributed by atoms with E-state index >= 15 is 0 Å². The van der Waals surface area contributed by atoms with Gasteiger partial charge in [0.05, 0.1) is 13.2 Å². The SMILES string of the molecule is C1CCOOC1.C=CCOC(=O)CC. The summed E-state index contributed by atoms with van der Waals surface area (Å²) in [7, 11) is 0. The predicted molar refractivity (Wildman–Crippen MR) is 52.6 cm³/mol. The molecule has 14 heavy (non-hydrogen) atoms. The van der Waals surface area contributed by atoms with Gasteiger partial charge in [-0.25, -0.2) is 9.78 Å². The van der Waals surface area contributed by atoms with Gasteiger partial charge in [0.25, 0.3) is 0 Å². The quantitative estimate of drug-likeness (QED) is 0.398. The second kappa shape index (κ2) is 10.2. The number of rotatable bonds is 3. The maximum Gasteiger partial charge on any atom is 0.305 e. The second-order valence-corrected chi connectivity index (χ2v) is 2.68. The highest BCUT2D eigenvalue weighted by Crippen LogP contribution is 1.97. The van der Waals surface area contributed by atoms with Crippen LogP contribution in [0.1, 0.15) is 26.2 Å². The Kier molecular flexibility index (Phi) is 9.58. The van der Waals surface area contributed by atoms with Gasteiger partial charge in [-0.15, -0.1) is 0 Å². The van der Waals surface area contributed by atoms with Crippen molar-refractivity contribution in [2.75, 3.05) is 19.8 Å². The molecule has 0 spiro atoms. The Hall–Kier alpha value is -0.870. The molecule has 1 fully saturated rings. The Morgan fingerprint density at radius 3 is 2.29 bits per heavy atom. The van der Waals surface area contributed by atoms with Gasteiger partial charge < -0.3 is 4.74 Å². The normalized spacial score (nSPS) is 14.9. The van der Waals surface area contributed by atoms with E-state index in [0.717, 1.165) is 26.1 Å². The van der Waals surface area contributed by atoms with Crippen LogP contribution in [0.3, 0.4) is 0 Å². The molecule has 0 aromatic rings. The van der Waals surface area contributed by atoms with Crippen molar-refractivity contribution in [3.63, 3.8) is 0 Å². The van der Waals surface area contributed by atoms with Crippen molar-refractivity contribution in [2.45, 2.75) is 26.2 Å². The number of carbonyl (C=O) groups excluding carboxylic acids is 1. The third kappa shape index (κ3) is 9.22. The van der Waals surface area contributed by atoms with Crippen LogP contribution in [0, 0.1) is 0 Å². The van der Waals surface area contributed by atoms with E-state index in [1.807, 2.05) is 0 Å². The monoisotopic (exact) mass is 202 g/mol. The molecule has 1 heterocycles. The summed E-state index contributed by atoms with van der Waals surface area (Å²) in [5, 5.41) is 0. The lowest BCUT2D eigenvalue weighted by atomic mass is 10.3. The maximum absolute atomic E-state index is 10.3. The number of esters is 1. The fraction of sp³-hybridized carbons (Fsp3) is 0.700. The minimum atomic E-state index is -0.176. The minimum Gasteiger partial charge on any atom is -0.461 e. The van der Waals surface area contributed by atoms with E-state index in [2.05, 4.69) is 21.1 Å². The molecule has 1 aliphatic heterocycles. The lowest BCUT2D eigenvalue weighted by Gasteiger charge is -2.07. The van der Waals surface area contributed by atoms with Gasteiger partial charge in [-0.2, -0.15) is 0 Å². The summed E-state index contributed by atoms with van der Waals surface area (Å²) in [5.74, 6) is -0.176. The second-order valence-electron chi connectivity index (χ2n) is 2.68. The predicted octanol–water partition coefficient (Wildman–Crippen LogP) is 1.85. The average molecular weight is 202 g/mol. The van der Waals surface area contributed by atoms with E-state index in [9.17, 15) is 4.79 Å². The van der Waals surface area contributed by atoms with Crippen molar-refractivity contribution in [1.82, 2.24) is 0 Å². The largest absolute Gasteiger partial charge is 0.461 e. The number of ether oxygens (including phenoxy) is 1. The molecule has 0 aromatic carbocycles. The van der Waals surface area contributed by atoms with Gasteiger partial charge in [0.15, 0.2) is 0 Å². The van der Waals surface area contributed by atoms with E-state index in [0.29, 0.717) is 13.0 Å². The molecule has 0 bridgehead atoms. The summed E-state index contributed by atoms with van der Waals surface area (Å²) in [6, 6.07) is 0. The lowest BCUT2D eigenvalue weighted by Crippen LogP contribution is -2.05. The van der Waals surface area contributed by atoms with Crippen LogP contribution in [0.15, 0.2) is 12.7 Å². The van der Waals surface area contributed by atoms with Gasteiger partial charge in [0, 0.05) is 6.42 Å². The van der Waals surface area contributed by atoms with E-state index in [1.165, 1.54) is 0 Å². The van der Waals surface area contributed by atoms with Gasteiger partial charge in [-0.1, -0.05) is 19.6 Å². The molecule has 1 aliphatic rings. The number of hydrogen-bond donors (Lipinski definition) is 0. The molecule has 4 heteroatoms. The van der Waals surface area contributed by atoms with Gasteiger partial charge in [0.1, 0.15) is 6.61 Å².